The molecule has 0 fully saturated rings. The van der Waals surface area contributed by atoms with Gasteiger partial charge in [0.05, 0.1) is 6.61 Å². The Morgan fingerprint density at radius 3 is 1.86 bits per heavy atom. The third-order valence-electron chi connectivity index (χ3n) is 1.51. The third-order valence-corrected chi connectivity index (χ3v) is 1.77. The van der Waals surface area contributed by atoms with Crippen molar-refractivity contribution in [3.63, 3.8) is 0 Å². The Morgan fingerprint density at radius 1 is 1.14 bits per heavy atom. The second-order valence-corrected chi connectivity index (χ2v) is 2.95. The summed E-state index contributed by atoms with van der Waals surface area (Å²) in [7, 11) is 0. The Bertz CT molecular complexity index is 180. The molecule has 8 heteroatoms. The van der Waals surface area contributed by atoms with Crippen LogP contribution < -0.4 is 0 Å². The fourth-order valence-corrected chi connectivity index (χ4v) is 0.821. The van der Waals surface area contributed by atoms with Crippen molar-refractivity contribution >= 4 is 17.7 Å². The van der Waals surface area contributed by atoms with E-state index >= 15 is 0 Å². The maximum Gasteiger partial charge on any atom is 0.217 e. The quantitative estimate of drug-likeness (QED) is 0.211. The summed E-state index contributed by atoms with van der Waals surface area (Å²) in [5, 5.41) is 43.1. The first-order valence-electron chi connectivity index (χ1n) is 3.47. The average molecular weight is 409 g/mol. The molecule has 0 spiro atoms. The second kappa shape index (κ2) is 7.80. The van der Waals surface area contributed by atoms with Gasteiger partial charge in [-0.15, -0.1) is 12.6 Å². The fraction of sp³-hybridized carbons (Fsp3) is 0.833. The van der Waals surface area contributed by atoms with Crippen LogP contribution in [0.3, 0.4) is 0 Å². The number of aliphatic hydroxyl groups is 5. The predicted molar refractivity (Wildman–Crippen MR) is 45.1 cm³/mol. The molecule has 4 atom stereocenters. The van der Waals surface area contributed by atoms with Crippen LogP contribution in [-0.4, -0.2) is 61.7 Å². The van der Waals surface area contributed by atoms with Crippen molar-refractivity contribution in [1.29, 1.82) is 0 Å². The van der Waals surface area contributed by atoms with Gasteiger partial charge in [0.15, 0.2) is 6.10 Å². The molecule has 0 saturated heterocycles. The minimum Gasteiger partial charge on any atom is -0.394 e. The first-order chi connectivity index (χ1) is 5.91. The van der Waals surface area contributed by atoms with E-state index in [1.165, 1.54) is 0 Å². The molecule has 0 aromatic rings. The van der Waals surface area contributed by atoms with Crippen molar-refractivity contribution in [3.8, 4) is 0 Å². The zero-order valence-electron chi connectivity index (χ0n) is 6.91. The summed E-state index contributed by atoms with van der Waals surface area (Å²) in [6.45, 7) is -0.786. The van der Waals surface area contributed by atoms with Crippen molar-refractivity contribution in [2.45, 2.75) is 24.4 Å². The van der Waals surface area contributed by atoms with Gasteiger partial charge in [-0.2, -0.15) is 0 Å². The molecule has 0 aromatic heterocycles. The van der Waals surface area contributed by atoms with Gasteiger partial charge in [0.2, 0.25) is 5.12 Å². The van der Waals surface area contributed by atoms with Crippen LogP contribution in [0.5, 0.6) is 0 Å². The van der Waals surface area contributed by atoms with E-state index in [-0.39, 0.29) is 22.4 Å². The number of hydrogen-bond acceptors (Lipinski definition) is 6. The molecule has 0 unspecified atom stereocenters. The first-order valence-corrected chi connectivity index (χ1v) is 3.92. The second-order valence-electron chi connectivity index (χ2n) is 2.51. The topological polar surface area (TPSA) is 118 Å². The predicted octanol–water partition coefficient (Wildman–Crippen LogP) is -3.12. The number of thiol groups is 1. The molecule has 1 radical (unpaired) electrons. The Morgan fingerprint density at radius 2 is 1.57 bits per heavy atom. The molecular formula is C6H12AuO6S. The standard InChI is InChI=1S/C6H12O6S.Au/c7-1-2(8)3(9)4(10)5(11)6(12)13;/h2-5,7-11H,1H2,(H,12,13);/t2-,3-,4+,5-;/m1./s1. The zero-order valence-corrected chi connectivity index (χ0v) is 9.97. The van der Waals surface area contributed by atoms with E-state index in [0.29, 0.717) is 0 Å². The molecule has 0 saturated carbocycles. The van der Waals surface area contributed by atoms with Gasteiger partial charge in [-0.1, -0.05) is 0 Å². The minimum atomic E-state index is -1.89. The van der Waals surface area contributed by atoms with E-state index in [2.05, 4.69) is 12.6 Å². The molecular weight excluding hydrogens is 397 g/mol. The maximum atomic E-state index is 10.4. The molecule has 0 aliphatic carbocycles. The van der Waals surface area contributed by atoms with Gasteiger partial charge >= 0.3 is 0 Å². The molecule has 14 heavy (non-hydrogen) atoms. The van der Waals surface area contributed by atoms with Crippen molar-refractivity contribution in [1.82, 2.24) is 0 Å². The molecule has 0 bridgehead atoms. The van der Waals surface area contributed by atoms with E-state index in [1.807, 2.05) is 0 Å². The summed E-state index contributed by atoms with van der Waals surface area (Å²) in [4.78, 5) is 10.4. The van der Waals surface area contributed by atoms with Gasteiger partial charge in [-0.25, -0.2) is 0 Å². The SMILES string of the molecule is O=C(S)[C@H](O)[C@@H](O)[C@H](O)[C@H](O)CO.[Au]. The Hall–Kier alpha value is 0.560. The summed E-state index contributed by atoms with van der Waals surface area (Å²) >= 11 is 3.22. The van der Waals surface area contributed by atoms with Crippen LogP contribution in [0.25, 0.3) is 0 Å². The molecule has 0 heterocycles. The summed E-state index contributed by atoms with van der Waals surface area (Å²) < 4.78 is 0. The minimum absolute atomic E-state index is 0. The van der Waals surface area contributed by atoms with E-state index in [0.717, 1.165) is 0 Å². The number of aliphatic hydroxyl groups excluding tert-OH is 5. The van der Waals surface area contributed by atoms with Gasteiger partial charge < -0.3 is 25.5 Å². The van der Waals surface area contributed by atoms with Crippen LogP contribution in [0.2, 0.25) is 0 Å². The van der Waals surface area contributed by atoms with Crippen LogP contribution in [0.15, 0.2) is 0 Å². The van der Waals surface area contributed by atoms with Crippen LogP contribution >= 0.6 is 12.6 Å². The van der Waals surface area contributed by atoms with E-state index < -0.39 is 36.1 Å². The van der Waals surface area contributed by atoms with Gasteiger partial charge in [0, 0.05) is 22.4 Å². The summed E-state index contributed by atoms with van der Waals surface area (Å²) in [6.07, 6.45) is -7.17. The summed E-state index contributed by atoms with van der Waals surface area (Å²) in [5.41, 5.74) is 0. The molecule has 0 aromatic carbocycles. The van der Waals surface area contributed by atoms with E-state index in [4.69, 9.17) is 25.5 Å². The van der Waals surface area contributed by atoms with Crippen molar-refractivity contribution in [3.05, 3.63) is 0 Å². The van der Waals surface area contributed by atoms with Crippen molar-refractivity contribution in [2.24, 2.45) is 0 Å². The molecule has 6 nitrogen and oxygen atoms in total. The van der Waals surface area contributed by atoms with Gasteiger partial charge in [0.25, 0.3) is 0 Å². The van der Waals surface area contributed by atoms with Crippen LogP contribution in [-0.2, 0) is 27.2 Å². The number of rotatable bonds is 5. The van der Waals surface area contributed by atoms with Gasteiger partial charge in [-0.05, 0) is 0 Å². The van der Waals surface area contributed by atoms with Gasteiger partial charge in [0.1, 0.15) is 18.3 Å². The smallest absolute Gasteiger partial charge is 0.217 e. The van der Waals surface area contributed by atoms with Crippen LogP contribution in [0, 0.1) is 0 Å². The largest absolute Gasteiger partial charge is 0.394 e. The molecule has 0 aliphatic rings. The Labute approximate surface area is 101 Å². The van der Waals surface area contributed by atoms with Crippen LogP contribution in [0.4, 0.5) is 0 Å². The molecule has 0 rings (SSSR count). The number of carbonyl (C=O) groups is 1. The van der Waals surface area contributed by atoms with Crippen LogP contribution in [0.1, 0.15) is 0 Å². The number of carbonyl (C=O) groups excluding carboxylic acids is 1. The van der Waals surface area contributed by atoms with Crippen molar-refractivity contribution in [2.75, 3.05) is 6.61 Å². The third kappa shape index (κ3) is 4.87. The maximum absolute atomic E-state index is 10.4. The number of hydrogen-bond donors (Lipinski definition) is 6. The summed E-state index contributed by atoms with van der Waals surface area (Å²) in [5.74, 6) is 0. The Kier molecular flexibility index (Phi) is 9.46. The average Bonchev–Trinajstić information content (AvgIpc) is 2.12. The normalized spacial score (nSPS) is 19.0. The van der Waals surface area contributed by atoms with E-state index in [9.17, 15) is 4.79 Å². The fourth-order valence-electron chi connectivity index (χ4n) is 0.668. The van der Waals surface area contributed by atoms with Crippen molar-refractivity contribution < 1.29 is 52.7 Å². The first kappa shape index (κ1) is 17.0. The molecule has 89 valence electrons. The zero-order chi connectivity index (χ0) is 10.6. The van der Waals surface area contributed by atoms with Gasteiger partial charge in [-0.3, -0.25) is 4.79 Å². The van der Waals surface area contributed by atoms with E-state index in [1.54, 1.807) is 0 Å². The molecule has 0 aliphatic heterocycles. The monoisotopic (exact) mass is 409 g/mol. The molecule has 0 amide bonds. The summed E-state index contributed by atoms with van der Waals surface area (Å²) in [6, 6.07) is 0. The molecule has 5 N–H and O–H groups in total. The Balaban J connectivity index is 0.